The van der Waals surface area contributed by atoms with Gasteiger partial charge in [0, 0.05) is 12.2 Å². The van der Waals surface area contributed by atoms with Gasteiger partial charge in [-0.1, -0.05) is 31.3 Å². The fourth-order valence-electron chi connectivity index (χ4n) is 2.71. The lowest BCUT2D eigenvalue weighted by Crippen LogP contribution is -2.13. The molecular weight excluding hydrogens is 287 g/mol. The Hall–Kier alpha value is -1.46. The minimum Gasteiger partial charge on any atom is -0.391 e. The van der Waals surface area contributed by atoms with E-state index in [2.05, 4.69) is 18.7 Å². The lowest BCUT2D eigenvalue weighted by molar-refractivity contribution is 0.283. The van der Waals surface area contributed by atoms with E-state index in [-0.39, 0.29) is 12.4 Å². The van der Waals surface area contributed by atoms with Crippen LogP contribution in [0.5, 0.6) is 0 Å². The van der Waals surface area contributed by atoms with Crippen LogP contribution in [0.2, 0.25) is 0 Å². The predicted octanol–water partition coefficient (Wildman–Crippen LogP) is 3.98. The Morgan fingerprint density at radius 1 is 1.48 bits per heavy atom. The van der Waals surface area contributed by atoms with E-state index >= 15 is 0 Å². The number of anilines is 2. The summed E-state index contributed by atoms with van der Waals surface area (Å²) in [7, 11) is 0. The standard InChI is InChI=1S/C16H19FN2OS/c1-3-10(2)15-14(9-20)21-16(18-15)19-7-6-11-4-5-12(17)8-13(11)19/h4-5,8,10,20H,3,6-7,9H2,1-2H3. The maximum atomic E-state index is 13.5. The number of halogens is 1. The van der Waals surface area contributed by atoms with Gasteiger partial charge in [-0.3, -0.25) is 0 Å². The summed E-state index contributed by atoms with van der Waals surface area (Å²) in [5.41, 5.74) is 3.04. The van der Waals surface area contributed by atoms with E-state index < -0.39 is 0 Å². The molecule has 5 heteroatoms. The Morgan fingerprint density at radius 2 is 2.29 bits per heavy atom. The van der Waals surface area contributed by atoms with Crippen molar-refractivity contribution in [3.05, 3.63) is 40.2 Å². The third-order valence-corrected chi connectivity index (χ3v) is 5.19. The van der Waals surface area contributed by atoms with E-state index in [4.69, 9.17) is 4.98 Å². The van der Waals surface area contributed by atoms with Crippen molar-refractivity contribution in [3.63, 3.8) is 0 Å². The van der Waals surface area contributed by atoms with Gasteiger partial charge in [0.15, 0.2) is 5.13 Å². The molecule has 0 fully saturated rings. The Balaban J connectivity index is 2.00. The van der Waals surface area contributed by atoms with Crippen LogP contribution in [0, 0.1) is 5.82 Å². The van der Waals surface area contributed by atoms with Crippen molar-refractivity contribution >= 4 is 22.2 Å². The second kappa shape index (κ2) is 5.73. The summed E-state index contributed by atoms with van der Waals surface area (Å²) in [4.78, 5) is 7.71. The van der Waals surface area contributed by atoms with E-state index in [0.717, 1.165) is 46.3 Å². The molecule has 1 atom stereocenters. The first-order valence-electron chi connectivity index (χ1n) is 7.30. The van der Waals surface area contributed by atoms with E-state index in [9.17, 15) is 9.50 Å². The second-order valence-electron chi connectivity index (χ2n) is 5.45. The highest BCUT2D eigenvalue weighted by Crippen LogP contribution is 2.39. The molecule has 1 unspecified atom stereocenters. The summed E-state index contributed by atoms with van der Waals surface area (Å²) >= 11 is 1.51. The van der Waals surface area contributed by atoms with Crippen LogP contribution in [-0.4, -0.2) is 16.6 Å². The Kier molecular flexibility index (Phi) is 3.95. The number of hydrogen-bond acceptors (Lipinski definition) is 4. The van der Waals surface area contributed by atoms with Gasteiger partial charge in [0.05, 0.1) is 17.2 Å². The van der Waals surface area contributed by atoms with Crippen LogP contribution in [0.1, 0.15) is 42.3 Å². The van der Waals surface area contributed by atoms with Crippen molar-refractivity contribution in [1.82, 2.24) is 4.98 Å². The maximum absolute atomic E-state index is 13.5. The number of hydrogen-bond donors (Lipinski definition) is 1. The van der Waals surface area contributed by atoms with Crippen molar-refractivity contribution in [3.8, 4) is 0 Å². The summed E-state index contributed by atoms with van der Waals surface area (Å²) in [6.45, 7) is 5.07. The molecule has 21 heavy (non-hydrogen) atoms. The summed E-state index contributed by atoms with van der Waals surface area (Å²) < 4.78 is 13.5. The molecule has 0 saturated carbocycles. The molecule has 0 bridgehead atoms. The van der Waals surface area contributed by atoms with Gasteiger partial charge in [0.1, 0.15) is 5.82 Å². The third kappa shape index (κ3) is 2.56. The first kappa shape index (κ1) is 14.5. The summed E-state index contributed by atoms with van der Waals surface area (Å²) in [5, 5.41) is 10.4. The van der Waals surface area contributed by atoms with Gasteiger partial charge in [-0.25, -0.2) is 9.37 Å². The number of aliphatic hydroxyl groups excluding tert-OH is 1. The number of aromatic nitrogens is 1. The van der Waals surface area contributed by atoms with Crippen molar-refractivity contribution in [2.75, 3.05) is 11.4 Å². The van der Waals surface area contributed by atoms with Crippen LogP contribution in [0.3, 0.4) is 0 Å². The zero-order valence-corrected chi connectivity index (χ0v) is 13.1. The average molecular weight is 306 g/mol. The predicted molar refractivity (Wildman–Crippen MR) is 83.9 cm³/mol. The molecule has 1 aromatic heterocycles. The van der Waals surface area contributed by atoms with Crippen LogP contribution in [0.25, 0.3) is 0 Å². The first-order valence-corrected chi connectivity index (χ1v) is 8.12. The molecule has 0 radical (unpaired) electrons. The van der Waals surface area contributed by atoms with E-state index in [1.54, 1.807) is 6.07 Å². The molecule has 0 aliphatic carbocycles. The van der Waals surface area contributed by atoms with E-state index in [0.29, 0.717) is 5.92 Å². The van der Waals surface area contributed by atoms with Gasteiger partial charge in [-0.2, -0.15) is 0 Å². The molecule has 1 aliphatic rings. The Morgan fingerprint density at radius 3 is 3.00 bits per heavy atom. The molecule has 1 aromatic carbocycles. The molecule has 0 saturated heterocycles. The van der Waals surface area contributed by atoms with Crippen LogP contribution in [0.4, 0.5) is 15.2 Å². The molecule has 0 spiro atoms. The Labute approximate surface area is 128 Å². The SMILES string of the molecule is CCC(C)c1nc(N2CCc3ccc(F)cc32)sc1CO. The fraction of sp³-hybridized carbons (Fsp3) is 0.438. The molecular formula is C16H19FN2OS. The lowest BCUT2D eigenvalue weighted by atomic mass is 10.0. The van der Waals surface area contributed by atoms with Crippen molar-refractivity contribution < 1.29 is 9.50 Å². The highest BCUT2D eigenvalue weighted by Gasteiger charge is 2.25. The smallest absolute Gasteiger partial charge is 0.190 e. The minimum absolute atomic E-state index is 0.0151. The minimum atomic E-state index is -0.221. The number of thiazole rings is 1. The lowest BCUT2D eigenvalue weighted by Gasteiger charge is -2.15. The molecule has 3 rings (SSSR count). The van der Waals surface area contributed by atoms with Gasteiger partial charge in [-0.05, 0) is 36.5 Å². The molecule has 1 N–H and O–H groups in total. The topological polar surface area (TPSA) is 36.4 Å². The van der Waals surface area contributed by atoms with Crippen LogP contribution in [-0.2, 0) is 13.0 Å². The average Bonchev–Trinajstić information content (AvgIpc) is 3.09. The zero-order chi connectivity index (χ0) is 15.0. The summed E-state index contributed by atoms with van der Waals surface area (Å²) in [6.07, 6.45) is 1.89. The highest BCUT2D eigenvalue weighted by atomic mass is 32.1. The van der Waals surface area contributed by atoms with Crippen molar-refractivity contribution in [2.45, 2.75) is 39.2 Å². The van der Waals surface area contributed by atoms with Crippen molar-refractivity contribution in [1.29, 1.82) is 0 Å². The van der Waals surface area contributed by atoms with Gasteiger partial charge < -0.3 is 10.0 Å². The summed E-state index contributed by atoms with van der Waals surface area (Å²) in [6, 6.07) is 4.93. The molecule has 2 heterocycles. The molecule has 3 nitrogen and oxygen atoms in total. The molecule has 2 aromatic rings. The van der Waals surface area contributed by atoms with Gasteiger partial charge in [-0.15, -0.1) is 0 Å². The van der Waals surface area contributed by atoms with E-state index in [1.165, 1.54) is 17.4 Å². The monoisotopic (exact) mass is 306 g/mol. The Bertz CT molecular complexity index is 656. The van der Waals surface area contributed by atoms with Crippen LogP contribution >= 0.6 is 11.3 Å². The van der Waals surface area contributed by atoms with Gasteiger partial charge in [0.2, 0.25) is 0 Å². The number of aliphatic hydroxyl groups is 1. The molecule has 1 aliphatic heterocycles. The van der Waals surface area contributed by atoms with Crippen molar-refractivity contribution in [2.24, 2.45) is 0 Å². The number of fused-ring (bicyclic) bond motifs is 1. The normalized spacial score (nSPS) is 15.3. The fourth-order valence-corrected chi connectivity index (χ4v) is 3.79. The quantitative estimate of drug-likeness (QED) is 0.928. The molecule has 112 valence electrons. The third-order valence-electron chi connectivity index (χ3n) is 4.11. The highest BCUT2D eigenvalue weighted by molar-refractivity contribution is 7.15. The van der Waals surface area contributed by atoms with E-state index in [1.807, 2.05) is 6.07 Å². The number of benzene rings is 1. The van der Waals surface area contributed by atoms with Gasteiger partial charge >= 0.3 is 0 Å². The van der Waals surface area contributed by atoms with Crippen LogP contribution < -0.4 is 4.90 Å². The zero-order valence-electron chi connectivity index (χ0n) is 12.3. The largest absolute Gasteiger partial charge is 0.391 e. The summed E-state index contributed by atoms with van der Waals surface area (Å²) in [5.74, 6) is 0.105. The van der Waals surface area contributed by atoms with Crippen LogP contribution in [0.15, 0.2) is 18.2 Å². The number of nitrogens with zero attached hydrogens (tertiary/aromatic N) is 2. The number of rotatable bonds is 4. The first-order chi connectivity index (χ1) is 10.1. The second-order valence-corrected chi connectivity index (χ2v) is 6.51. The van der Waals surface area contributed by atoms with Gasteiger partial charge in [0.25, 0.3) is 0 Å². The maximum Gasteiger partial charge on any atom is 0.190 e. The molecule has 0 amide bonds.